The Bertz CT molecular complexity index is 1690. The molecule has 10 nitrogen and oxygen atoms in total. The topological polar surface area (TPSA) is 106 Å². The van der Waals surface area contributed by atoms with Crippen molar-refractivity contribution < 1.29 is 18.3 Å². The van der Waals surface area contributed by atoms with Gasteiger partial charge < -0.3 is 14.5 Å². The van der Waals surface area contributed by atoms with E-state index in [9.17, 15) is 18.4 Å². The molecule has 0 bridgehead atoms. The molecule has 0 radical (unpaired) electrons. The van der Waals surface area contributed by atoms with Crippen LogP contribution in [0.2, 0.25) is 5.02 Å². The van der Waals surface area contributed by atoms with Crippen LogP contribution in [0.15, 0.2) is 47.7 Å². The van der Waals surface area contributed by atoms with Crippen LogP contribution in [0.1, 0.15) is 23.9 Å². The van der Waals surface area contributed by atoms with E-state index >= 15 is 0 Å². The number of carbonyl (C=O) groups is 1. The van der Waals surface area contributed by atoms with Crippen LogP contribution < -0.4 is 15.2 Å². The molecule has 1 aliphatic heterocycles. The Kier molecular flexibility index (Phi) is 7.93. The predicted molar refractivity (Wildman–Crippen MR) is 148 cm³/mol. The summed E-state index contributed by atoms with van der Waals surface area (Å²) < 4.78 is 34.2. The summed E-state index contributed by atoms with van der Waals surface area (Å²) in [5.41, 5.74) is 2.20. The summed E-state index contributed by atoms with van der Waals surface area (Å²) in [7, 11) is 0. The molecule has 0 aromatic carbocycles. The van der Waals surface area contributed by atoms with E-state index in [-0.39, 0.29) is 29.0 Å². The molecule has 1 fully saturated rings. The number of hydrogen-bond acceptors (Lipinski definition) is 8. The molecule has 4 aromatic heterocycles. The molecule has 0 unspecified atom stereocenters. The zero-order valence-corrected chi connectivity index (χ0v) is 23.3. The fraction of sp³-hybridized carbons (Fsp3) is 0.286. The summed E-state index contributed by atoms with van der Waals surface area (Å²) in [6.07, 6.45) is 4.17. The van der Waals surface area contributed by atoms with Crippen molar-refractivity contribution in [1.82, 2.24) is 29.4 Å². The number of ether oxygens (including phenoxy) is 1. The van der Waals surface area contributed by atoms with Gasteiger partial charge in [-0.25, -0.2) is 18.7 Å². The van der Waals surface area contributed by atoms with Gasteiger partial charge in [0.15, 0.2) is 5.82 Å². The van der Waals surface area contributed by atoms with E-state index in [1.54, 1.807) is 49.3 Å². The number of halogens is 3. The summed E-state index contributed by atoms with van der Waals surface area (Å²) >= 11 is 6.40. The second-order valence-electron chi connectivity index (χ2n) is 9.57. The van der Waals surface area contributed by atoms with E-state index in [2.05, 4.69) is 15.0 Å². The molecule has 13 heteroatoms. The second kappa shape index (κ2) is 11.6. The molecule has 0 aliphatic carbocycles. The SMILES string of the molecule is CC(=O)N1CCN(c2nccc(-c3cc(-n4c(C)cc(OCc5ncc(F)cc5F)c(Cl)c4=O)c(C)cn3)n2)CC1. The van der Waals surface area contributed by atoms with E-state index in [0.717, 1.165) is 11.8 Å². The van der Waals surface area contributed by atoms with Crippen molar-refractivity contribution >= 4 is 23.5 Å². The van der Waals surface area contributed by atoms with E-state index in [0.29, 0.717) is 61.0 Å². The van der Waals surface area contributed by atoms with Crippen LogP contribution in [0.5, 0.6) is 5.75 Å². The molecule has 1 saturated heterocycles. The van der Waals surface area contributed by atoms with Crippen LogP contribution in [0, 0.1) is 25.5 Å². The minimum absolute atomic E-state index is 0.0414. The lowest BCUT2D eigenvalue weighted by Crippen LogP contribution is -2.48. The molecule has 4 aromatic rings. The summed E-state index contributed by atoms with van der Waals surface area (Å²) in [4.78, 5) is 46.2. The highest BCUT2D eigenvalue weighted by Crippen LogP contribution is 2.27. The molecule has 0 spiro atoms. The third-order valence-corrected chi connectivity index (χ3v) is 7.12. The quantitative estimate of drug-likeness (QED) is 0.338. The maximum atomic E-state index is 14.0. The number of nitrogens with zero attached hydrogens (tertiary/aromatic N) is 7. The third-order valence-electron chi connectivity index (χ3n) is 6.78. The van der Waals surface area contributed by atoms with Gasteiger partial charge in [-0.3, -0.25) is 24.1 Å². The molecular formula is C28H26ClF2N7O3. The molecule has 5 rings (SSSR count). The molecule has 1 amide bonds. The second-order valence-corrected chi connectivity index (χ2v) is 9.94. The fourth-order valence-corrected chi connectivity index (χ4v) is 4.73. The number of carbonyl (C=O) groups excluding carboxylic acids is 1. The molecule has 212 valence electrons. The van der Waals surface area contributed by atoms with Crippen LogP contribution in [-0.4, -0.2) is 61.5 Å². The van der Waals surface area contributed by atoms with Crippen molar-refractivity contribution in [2.24, 2.45) is 0 Å². The molecule has 0 atom stereocenters. The first kappa shape index (κ1) is 28.1. The Balaban J connectivity index is 1.43. The lowest BCUT2D eigenvalue weighted by atomic mass is 10.1. The Labute approximate surface area is 239 Å². The molecule has 0 N–H and O–H groups in total. The van der Waals surface area contributed by atoms with Gasteiger partial charge in [-0.2, -0.15) is 0 Å². The summed E-state index contributed by atoms with van der Waals surface area (Å²) in [5.74, 6) is -1.05. The lowest BCUT2D eigenvalue weighted by molar-refractivity contribution is -0.129. The normalized spacial score (nSPS) is 13.4. The Morgan fingerprint density at radius 3 is 2.49 bits per heavy atom. The maximum Gasteiger partial charge on any atom is 0.277 e. The van der Waals surface area contributed by atoms with E-state index in [4.69, 9.17) is 21.3 Å². The number of pyridine rings is 3. The predicted octanol–water partition coefficient (Wildman–Crippen LogP) is 3.88. The van der Waals surface area contributed by atoms with Gasteiger partial charge in [0.05, 0.1) is 23.3 Å². The summed E-state index contributed by atoms with van der Waals surface area (Å²) in [5, 5.41) is -0.204. The highest BCUT2D eigenvalue weighted by Gasteiger charge is 2.22. The number of aromatic nitrogens is 5. The number of piperazine rings is 1. The Hall–Kier alpha value is -4.45. The van der Waals surface area contributed by atoms with Gasteiger partial charge in [-0.15, -0.1) is 0 Å². The largest absolute Gasteiger partial charge is 0.485 e. The lowest BCUT2D eigenvalue weighted by Gasteiger charge is -2.34. The van der Waals surface area contributed by atoms with Crippen molar-refractivity contribution in [3.63, 3.8) is 0 Å². The van der Waals surface area contributed by atoms with Crippen LogP contribution in [0.25, 0.3) is 17.1 Å². The molecular weight excluding hydrogens is 556 g/mol. The average molecular weight is 582 g/mol. The summed E-state index contributed by atoms with van der Waals surface area (Å²) in [6, 6.07) is 5.75. The number of rotatable bonds is 6. The van der Waals surface area contributed by atoms with Gasteiger partial charge in [0.1, 0.15) is 28.9 Å². The minimum atomic E-state index is -0.864. The van der Waals surface area contributed by atoms with Crippen LogP contribution in [-0.2, 0) is 11.4 Å². The van der Waals surface area contributed by atoms with Crippen LogP contribution in [0.4, 0.5) is 14.7 Å². The molecule has 0 saturated carbocycles. The molecule has 41 heavy (non-hydrogen) atoms. The van der Waals surface area contributed by atoms with Crippen molar-refractivity contribution in [2.45, 2.75) is 27.4 Å². The highest BCUT2D eigenvalue weighted by atomic mass is 35.5. The Morgan fingerprint density at radius 1 is 1.02 bits per heavy atom. The molecule has 1 aliphatic rings. The van der Waals surface area contributed by atoms with Gasteiger partial charge in [0, 0.05) is 63.3 Å². The van der Waals surface area contributed by atoms with Crippen LogP contribution in [0.3, 0.4) is 0 Å². The van der Waals surface area contributed by atoms with Gasteiger partial charge in [-0.1, -0.05) is 11.6 Å². The minimum Gasteiger partial charge on any atom is -0.485 e. The number of aryl methyl sites for hydroxylation is 2. The number of anilines is 1. The van der Waals surface area contributed by atoms with E-state index < -0.39 is 17.2 Å². The van der Waals surface area contributed by atoms with Gasteiger partial charge in [-0.05, 0) is 31.5 Å². The third kappa shape index (κ3) is 5.87. The standard InChI is InChI=1S/C28H26ClF2N7O3/c1-16-13-33-22(21-4-5-32-28(35-21)37-8-6-36(7-9-37)18(3)39)12-24(16)38-17(2)10-25(26(29)27(38)40)41-15-23-20(31)11-19(30)14-34-23/h4-5,10-14H,6-9,15H2,1-3H3. The monoisotopic (exact) mass is 581 g/mol. The van der Waals surface area contributed by atoms with Crippen molar-refractivity contribution in [3.8, 4) is 22.8 Å². The Morgan fingerprint density at radius 2 is 1.78 bits per heavy atom. The average Bonchev–Trinajstić information content (AvgIpc) is 2.96. The first-order valence-corrected chi connectivity index (χ1v) is 13.2. The van der Waals surface area contributed by atoms with E-state index in [1.165, 1.54) is 4.57 Å². The maximum absolute atomic E-state index is 14.0. The van der Waals surface area contributed by atoms with Crippen molar-refractivity contribution in [1.29, 1.82) is 0 Å². The fourth-order valence-electron chi connectivity index (χ4n) is 4.54. The van der Waals surface area contributed by atoms with Gasteiger partial charge in [0.25, 0.3) is 5.56 Å². The van der Waals surface area contributed by atoms with E-state index in [1.807, 2.05) is 11.8 Å². The summed E-state index contributed by atoms with van der Waals surface area (Å²) in [6.45, 7) is 7.15. The number of hydrogen-bond donors (Lipinski definition) is 0. The number of amides is 1. The van der Waals surface area contributed by atoms with Gasteiger partial charge >= 0.3 is 0 Å². The van der Waals surface area contributed by atoms with Crippen molar-refractivity contribution in [2.75, 3.05) is 31.1 Å². The molecule has 5 heterocycles. The first-order chi connectivity index (χ1) is 19.6. The van der Waals surface area contributed by atoms with Crippen molar-refractivity contribution in [3.05, 3.63) is 86.8 Å². The van der Waals surface area contributed by atoms with Gasteiger partial charge in [0.2, 0.25) is 11.9 Å². The first-order valence-electron chi connectivity index (χ1n) is 12.8. The highest BCUT2D eigenvalue weighted by molar-refractivity contribution is 6.31. The smallest absolute Gasteiger partial charge is 0.277 e. The van der Waals surface area contributed by atoms with Crippen LogP contribution >= 0.6 is 11.6 Å². The zero-order chi connectivity index (χ0) is 29.3. The zero-order valence-electron chi connectivity index (χ0n) is 22.6.